The van der Waals surface area contributed by atoms with Crippen LogP contribution in [-0.2, 0) is 11.3 Å². The maximum absolute atomic E-state index is 14.6. The standard InChI is InChI=1S/C23H25FO3.C22H25FO2/c1-26-18-11-13-22(24)21(15-18)19-12-10-17(23(25)27-2)14-20(19)16-8-6-4-3-5-7-9-16;1-25-18-10-12-22(23)21(14-18)19-11-9-16(15-24)13-20(19)17-7-5-3-2-4-6-8-17/h8,10-15H,3-7,9H2,1-2H3;7,9-14,24H,2-6,8,15H2,1H3/b16-8+;17-7+. The number of aliphatic hydroxyl groups excluding tert-OH is 1. The molecule has 0 saturated heterocycles. The Labute approximate surface area is 307 Å². The van der Waals surface area contributed by atoms with E-state index in [1.807, 2.05) is 24.3 Å². The van der Waals surface area contributed by atoms with E-state index < -0.39 is 0 Å². The van der Waals surface area contributed by atoms with E-state index >= 15 is 0 Å². The van der Waals surface area contributed by atoms with Crippen molar-refractivity contribution < 1.29 is 32.9 Å². The Morgan fingerprint density at radius 2 is 1.08 bits per heavy atom. The highest BCUT2D eigenvalue weighted by atomic mass is 19.1. The number of aliphatic hydroxyl groups is 1. The van der Waals surface area contributed by atoms with Crippen molar-refractivity contribution in [1.82, 2.24) is 0 Å². The van der Waals surface area contributed by atoms with Crippen molar-refractivity contribution in [2.45, 2.75) is 83.7 Å². The monoisotopic (exact) mass is 708 g/mol. The second kappa shape index (κ2) is 19.2. The van der Waals surface area contributed by atoms with E-state index in [9.17, 15) is 18.7 Å². The molecule has 0 amide bonds. The number of hydrogen-bond acceptors (Lipinski definition) is 5. The van der Waals surface area contributed by atoms with Gasteiger partial charge in [-0.3, -0.25) is 0 Å². The van der Waals surface area contributed by atoms with E-state index in [2.05, 4.69) is 12.2 Å². The first kappa shape index (κ1) is 38.5. The van der Waals surface area contributed by atoms with Gasteiger partial charge in [0.05, 0.1) is 33.5 Å². The molecule has 0 radical (unpaired) electrons. The average Bonchev–Trinajstić information content (AvgIpc) is 3.15. The minimum atomic E-state index is -0.389. The van der Waals surface area contributed by atoms with Crippen LogP contribution < -0.4 is 9.47 Å². The van der Waals surface area contributed by atoms with E-state index in [4.69, 9.17) is 14.2 Å². The third-order valence-electron chi connectivity index (χ3n) is 9.91. The molecule has 5 nitrogen and oxygen atoms in total. The van der Waals surface area contributed by atoms with Crippen molar-refractivity contribution in [2.75, 3.05) is 21.3 Å². The maximum Gasteiger partial charge on any atom is 0.337 e. The summed E-state index contributed by atoms with van der Waals surface area (Å²) in [5.41, 5.74) is 8.32. The molecule has 274 valence electrons. The van der Waals surface area contributed by atoms with E-state index in [1.165, 1.54) is 56.9 Å². The number of carbonyl (C=O) groups excluding carboxylic acids is 1. The zero-order valence-electron chi connectivity index (χ0n) is 30.6. The second-order valence-electron chi connectivity index (χ2n) is 13.3. The molecule has 7 heteroatoms. The van der Waals surface area contributed by atoms with Gasteiger partial charge in [0.1, 0.15) is 23.1 Å². The summed E-state index contributed by atoms with van der Waals surface area (Å²) in [4.78, 5) is 12.1. The first-order valence-corrected chi connectivity index (χ1v) is 18.4. The van der Waals surface area contributed by atoms with Crippen molar-refractivity contribution in [2.24, 2.45) is 0 Å². The first-order valence-electron chi connectivity index (χ1n) is 18.4. The summed E-state index contributed by atoms with van der Waals surface area (Å²) in [6.45, 7) is -0.0127. The average molecular weight is 709 g/mol. The Hall–Kier alpha value is -4.75. The second-order valence-corrected chi connectivity index (χ2v) is 13.3. The van der Waals surface area contributed by atoms with E-state index in [-0.39, 0.29) is 24.2 Å². The molecule has 0 atom stereocenters. The fourth-order valence-electron chi connectivity index (χ4n) is 7.03. The van der Waals surface area contributed by atoms with Gasteiger partial charge in [-0.1, -0.05) is 56.0 Å². The Balaban J connectivity index is 0.000000202. The predicted molar refractivity (Wildman–Crippen MR) is 205 cm³/mol. The number of benzene rings is 4. The van der Waals surface area contributed by atoms with Crippen LogP contribution in [0, 0.1) is 11.6 Å². The highest BCUT2D eigenvalue weighted by Crippen LogP contribution is 2.38. The highest BCUT2D eigenvalue weighted by Gasteiger charge is 2.19. The number of methoxy groups -OCH3 is 3. The smallest absolute Gasteiger partial charge is 0.337 e. The number of halogens is 2. The molecule has 6 rings (SSSR count). The van der Waals surface area contributed by atoms with Crippen LogP contribution in [0.25, 0.3) is 33.4 Å². The predicted octanol–water partition coefficient (Wildman–Crippen LogP) is 11.8. The Morgan fingerprint density at radius 3 is 1.58 bits per heavy atom. The third kappa shape index (κ3) is 9.77. The molecule has 0 fully saturated rings. The summed E-state index contributed by atoms with van der Waals surface area (Å²) < 4.78 is 44.6. The largest absolute Gasteiger partial charge is 0.497 e. The number of rotatable bonds is 8. The molecule has 2 aliphatic rings. The van der Waals surface area contributed by atoms with Crippen molar-refractivity contribution in [3.63, 3.8) is 0 Å². The number of allylic oxidation sites excluding steroid dienone is 4. The minimum Gasteiger partial charge on any atom is -0.497 e. The van der Waals surface area contributed by atoms with Crippen LogP contribution in [0.2, 0.25) is 0 Å². The highest BCUT2D eigenvalue weighted by molar-refractivity contribution is 5.93. The van der Waals surface area contributed by atoms with E-state index in [0.29, 0.717) is 28.2 Å². The van der Waals surface area contributed by atoms with Gasteiger partial charge in [0.2, 0.25) is 0 Å². The summed E-state index contributed by atoms with van der Waals surface area (Å²) in [6, 6.07) is 20.7. The zero-order valence-corrected chi connectivity index (χ0v) is 30.6. The number of hydrogen-bond donors (Lipinski definition) is 1. The van der Waals surface area contributed by atoms with Gasteiger partial charge in [0.15, 0.2) is 0 Å². The molecule has 52 heavy (non-hydrogen) atoms. The fourth-order valence-corrected chi connectivity index (χ4v) is 7.03. The molecule has 0 spiro atoms. The lowest BCUT2D eigenvalue weighted by Crippen LogP contribution is -2.04. The van der Waals surface area contributed by atoms with Crippen LogP contribution in [0.5, 0.6) is 11.5 Å². The molecule has 0 aromatic heterocycles. The SMILES string of the molecule is COC(=O)c1ccc(-c2cc(OC)ccc2F)c(/C2=C/CCCCCC2)c1.COc1ccc(F)c(-c2ccc(CO)cc2/C2=C/CCCCCC2)c1. The minimum absolute atomic E-state index is 0.0127. The van der Waals surface area contributed by atoms with Gasteiger partial charge in [-0.2, -0.15) is 0 Å². The molecule has 0 heterocycles. The van der Waals surface area contributed by atoms with Crippen molar-refractivity contribution in [1.29, 1.82) is 0 Å². The topological polar surface area (TPSA) is 65.0 Å². The number of carbonyl (C=O) groups is 1. The molecule has 0 saturated carbocycles. The van der Waals surface area contributed by atoms with Crippen LogP contribution >= 0.6 is 0 Å². The molecule has 4 aromatic carbocycles. The summed E-state index contributed by atoms with van der Waals surface area (Å²) in [6.07, 6.45) is 18.0. The molecular weight excluding hydrogens is 658 g/mol. The zero-order chi connectivity index (χ0) is 36.9. The maximum atomic E-state index is 14.6. The van der Waals surface area contributed by atoms with Gasteiger partial charge in [-0.15, -0.1) is 0 Å². The van der Waals surface area contributed by atoms with Crippen molar-refractivity contribution >= 4 is 17.1 Å². The van der Waals surface area contributed by atoms with E-state index in [0.717, 1.165) is 78.3 Å². The molecular formula is C45H50F2O5. The lowest BCUT2D eigenvalue weighted by atomic mass is 9.88. The molecule has 0 unspecified atom stereocenters. The summed E-state index contributed by atoms with van der Waals surface area (Å²) in [5.74, 6) is 0.279. The summed E-state index contributed by atoms with van der Waals surface area (Å²) in [5, 5.41) is 9.55. The van der Waals surface area contributed by atoms with Crippen LogP contribution in [0.4, 0.5) is 8.78 Å². The number of esters is 1. The molecule has 0 aliphatic heterocycles. The van der Waals surface area contributed by atoms with Gasteiger partial charge in [0.25, 0.3) is 0 Å². The number of ether oxygens (including phenoxy) is 3. The van der Waals surface area contributed by atoms with Crippen LogP contribution in [0.15, 0.2) is 84.9 Å². The van der Waals surface area contributed by atoms with Crippen LogP contribution in [0.1, 0.15) is 104 Å². The van der Waals surface area contributed by atoms with Gasteiger partial charge < -0.3 is 19.3 Å². The van der Waals surface area contributed by atoms with Gasteiger partial charge in [-0.05, 0) is 145 Å². The lowest BCUT2D eigenvalue weighted by molar-refractivity contribution is 0.0600. The summed E-state index contributed by atoms with van der Waals surface area (Å²) in [7, 11) is 4.52. The van der Waals surface area contributed by atoms with Gasteiger partial charge in [-0.25, -0.2) is 13.6 Å². The van der Waals surface area contributed by atoms with Gasteiger partial charge >= 0.3 is 5.97 Å². The van der Waals surface area contributed by atoms with Crippen LogP contribution in [0.3, 0.4) is 0 Å². The lowest BCUT2D eigenvalue weighted by Gasteiger charge is -2.18. The van der Waals surface area contributed by atoms with Crippen LogP contribution in [-0.4, -0.2) is 32.4 Å². The van der Waals surface area contributed by atoms with Gasteiger partial charge in [0, 0.05) is 11.1 Å². The Kier molecular flexibility index (Phi) is 14.2. The quantitative estimate of drug-likeness (QED) is 0.185. The Bertz CT molecular complexity index is 1890. The van der Waals surface area contributed by atoms with Crippen molar-refractivity contribution in [3.8, 4) is 33.8 Å². The summed E-state index contributed by atoms with van der Waals surface area (Å²) >= 11 is 0. The molecule has 0 bridgehead atoms. The first-order chi connectivity index (χ1) is 25.4. The van der Waals surface area contributed by atoms with Crippen molar-refractivity contribution in [3.05, 3.63) is 119 Å². The molecule has 2 aliphatic carbocycles. The third-order valence-corrected chi connectivity index (χ3v) is 9.91. The van der Waals surface area contributed by atoms with E-state index in [1.54, 1.807) is 50.6 Å². The normalized spacial score (nSPS) is 17.0. The Morgan fingerprint density at radius 1 is 0.577 bits per heavy atom. The fraction of sp³-hybridized carbons (Fsp3) is 0.356. The molecule has 4 aromatic rings. The molecule has 1 N–H and O–H groups in total.